The lowest BCUT2D eigenvalue weighted by Gasteiger charge is -2.43. The van der Waals surface area contributed by atoms with Crippen molar-refractivity contribution in [3.63, 3.8) is 0 Å². The Kier molecular flexibility index (Phi) is 3.84. The number of hydrogen-bond donors (Lipinski definition) is 2. The molecule has 2 N–H and O–H groups in total. The molecule has 3 atom stereocenters. The topological polar surface area (TPSA) is 90.0 Å². The fraction of sp³-hybridized carbons (Fsp3) is 0.786. The van der Waals surface area contributed by atoms with Gasteiger partial charge >= 0.3 is 5.97 Å². The highest BCUT2D eigenvalue weighted by Gasteiger charge is 2.64. The lowest BCUT2D eigenvalue weighted by atomic mass is 9.96. The number of amides is 2. The molecule has 0 saturated carbocycles. The highest BCUT2D eigenvalue weighted by atomic mass is 32.2. The van der Waals surface area contributed by atoms with E-state index in [9.17, 15) is 19.5 Å². The Morgan fingerprint density at radius 2 is 2.00 bits per heavy atom. The molecule has 3 unspecified atom stereocenters. The molecular formula is C14H21N3O4S. The molecule has 3 rings (SSSR count). The number of carbonyl (C=O) groups excluding carboxylic acids is 2. The first-order valence-corrected chi connectivity index (χ1v) is 8.44. The van der Waals surface area contributed by atoms with Crippen molar-refractivity contribution < 1.29 is 19.5 Å². The zero-order chi connectivity index (χ0) is 16.1. The Morgan fingerprint density at radius 3 is 2.59 bits per heavy atom. The number of carboxylic acid groups (broad SMARTS) is 1. The normalized spacial score (nSPS) is 33.5. The van der Waals surface area contributed by atoms with Gasteiger partial charge in [-0.25, -0.2) is 4.79 Å². The minimum absolute atomic E-state index is 0.155. The molecular weight excluding hydrogens is 306 g/mol. The van der Waals surface area contributed by atoms with E-state index in [0.717, 1.165) is 25.9 Å². The van der Waals surface area contributed by atoms with Crippen molar-refractivity contribution in [3.05, 3.63) is 0 Å². The van der Waals surface area contributed by atoms with Gasteiger partial charge in [0.05, 0.1) is 6.54 Å². The van der Waals surface area contributed by atoms with E-state index in [4.69, 9.17) is 0 Å². The Bertz CT molecular complexity index is 518. The van der Waals surface area contributed by atoms with Crippen molar-refractivity contribution in [1.29, 1.82) is 0 Å². The fourth-order valence-electron chi connectivity index (χ4n) is 3.51. The van der Waals surface area contributed by atoms with Crippen LogP contribution >= 0.6 is 11.8 Å². The van der Waals surface area contributed by atoms with Gasteiger partial charge in [0.25, 0.3) is 0 Å². The van der Waals surface area contributed by atoms with E-state index in [-0.39, 0.29) is 17.2 Å². The molecule has 8 heteroatoms. The smallest absolute Gasteiger partial charge is 0.327 e. The number of carboxylic acids is 1. The molecule has 0 aromatic rings. The molecule has 22 heavy (non-hydrogen) atoms. The van der Waals surface area contributed by atoms with E-state index in [1.807, 2.05) is 13.8 Å². The van der Waals surface area contributed by atoms with Gasteiger partial charge in [-0.1, -0.05) is 0 Å². The van der Waals surface area contributed by atoms with Gasteiger partial charge in [0.15, 0.2) is 0 Å². The SMILES string of the molecule is CC1(C)SC2C(NC(=O)CN3CCCC3)C(=O)N2C1C(=O)O. The number of likely N-dealkylation sites (tertiary alicyclic amines) is 1. The molecule has 0 radical (unpaired) electrons. The van der Waals surface area contributed by atoms with Gasteiger partial charge in [0, 0.05) is 4.75 Å². The molecule has 0 aromatic carbocycles. The molecule has 0 bridgehead atoms. The van der Waals surface area contributed by atoms with Gasteiger partial charge in [0.1, 0.15) is 17.5 Å². The summed E-state index contributed by atoms with van der Waals surface area (Å²) in [6.07, 6.45) is 2.22. The van der Waals surface area contributed by atoms with Gasteiger partial charge in [-0.2, -0.15) is 0 Å². The van der Waals surface area contributed by atoms with Crippen LogP contribution in [0.15, 0.2) is 0 Å². The number of hydrogen-bond acceptors (Lipinski definition) is 5. The first-order chi connectivity index (χ1) is 10.3. The van der Waals surface area contributed by atoms with Crippen LogP contribution in [0.5, 0.6) is 0 Å². The van der Waals surface area contributed by atoms with Crippen LogP contribution in [0.1, 0.15) is 26.7 Å². The number of nitrogens with zero attached hydrogens (tertiary/aromatic N) is 2. The van der Waals surface area contributed by atoms with Crippen LogP contribution in [0.25, 0.3) is 0 Å². The number of carbonyl (C=O) groups is 3. The molecule has 0 aliphatic carbocycles. The maximum atomic E-state index is 12.2. The molecule has 122 valence electrons. The maximum absolute atomic E-state index is 12.2. The molecule has 0 spiro atoms. The summed E-state index contributed by atoms with van der Waals surface area (Å²) >= 11 is 1.45. The molecule has 2 amide bonds. The Hall–Kier alpha value is -1.28. The number of aliphatic carboxylic acids is 1. The summed E-state index contributed by atoms with van der Waals surface area (Å²) in [5.41, 5.74) is 0. The highest BCUT2D eigenvalue weighted by Crippen LogP contribution is 2.50. The first-order valence-electron chi connectivity index (χ1n) is 7.56. The summed E-state index contributed by atoms with van der Waals surface area (Å²) in [5.74, 6) is -1.43. The monoisotopic (exact) mass is 327 g/mol. The average Bonchev–Trinajstić information content (AvgIpc) is 3.00. The third-order valence-corrected chi connectivity index (χ3v) is 6.13. The average molecular weight is 327 g/mol. The van der Waals surface area contributed by atoms with Crippen molar-refractivity contribution in [1.82, 2.24) is 15.1 Å². The van der Waals surface area contributed by atoms with Crippen LogP contribution in [0.2, 0.25) is 0 Å². The van der Waals surface area contributed by atoms with E-state index in [1.165, 1.54) is 16.7 Å². The van der Waals surface area contributed by atoms with Crippen molar-refractivity contribution in [2.75, 3.05) is 19.6 Å². The maximum Gasteiger partial charge on any atom is 0.327 e. The van der Waals surface area contributed by atoms with E-state index in [2.05, 4.69) is 10.2 Å². The summed E-state index contributed by atoms with van der Waals surface area (Å²) in [6.45, 7) is 5.80. The second kappa shape index (κ2) is 5.42. The molecule has 0 aromatic heterocycles. The predicted octanol–water partition coefficient (Wildman–Crippen LogP) is -0.286. The summed E-state index contributed by atoms with van der Waals surface area (Å²) in [4.78, 5) is 39.2. The van der Waals surface area contributed by atoms with Crippen molar-refractivity contribution in [3.8, 4) is 0 Å². The van der Waals surface area contributed by atoms with Gasteiger partial charge in [0.2, 0.25) is 11.8 Å². The second-order valence-electron chi connectivity index (χ2n) is 6.63. The molecule has 3 fully saturated rings. The van der Waals surface area contributed by atoms with Crippen LogP contribution in [0.3, 0.4) is 0 Å². The fourth-order valence-corrected chi connectivity index (χ4v) is 5.13. The molecule has 3 aliphatic rings. The van der Waals surface area contributed by atoms with Crippen molar-refractivity contribution in [2.45, 2.75) is 48.9 Å². The third-order valence-electron chi connectivity index (χ3n) is 4.56. The summed E-state index contributed by atoms with van der Waals surface area (Å²) in [7, 11) is 0. The summed E-state index contributed by atoms with van der Waals surface area (Å²) < 4.78 is -0.555. The number of β-lactam (4-membered cyclic amide) rings is 1. The number of rotatable bonds is 4. The molecule has 3 saturated heterocycles. The molecule has 7 nitrogen and oxygen atoms in total. The number of fused-ring (bicyclic) bond motifs is 1. The van der Waals surface area contributed by atoms with Crippen molar-refractivity contribution in [2.24, 2.45) is 0 Å². The van der Waals surface area contributed by atoms with Gasteiger partial charge in [-0.05, 0) is 39.8 Å². The van der Waals surface area contributed by atoms with E-state index in [0.29, 0.717) is 6.54 Å². The predicted molar refractivity (Wildman–Crippen MR) is 81.3 cm³/mol. The Balaban J connectivity index is 1.62. The van der Waals surface area contributed by atoms with Gasteiger partial charge < -0.3 is 15.3 Å². The van der Waals surface area contributed by atoms with Crippen LogP contribution in [-0.2, 0) is 14.4 Å². The van der Waals surface area contributed by atoms with Crippen LogP contribution in [0, 0.1) is 0 Å². The third kappa shape index (κ3) is 2.48. The van der Waals surface area contributed by atoms with Crippen LogP contribution < -0.4 is 5.32 Å². The van der Waals surface area contributed by atoms with Crippen LogP contribution in [0.4, 0.5) is 0 Å². The zero-order valence-corrected chi connectivity index (χ0v) is 13.6. The second-order valence-corrected chi connectivity index (χ2v) is 8.40. The quantitative estimate of drug-likeness (QED) is 0.690. The summed E-state index contributed by atoms with van der Waals surface area (Å²) in [6, 6.07) is -1.43. The Labute approximate surface area is 133 Å². The van der Waals surface area contributed by atoms with Crippen LogP contribution in [-0.4, -0.2) is 74.5 Å². The van der Waals surface area contributed by atoms with E-state index in [1.54, 1.807) is 0 Å². The highest BCUT2D eigenvalue weighted by molar-refractivity contribution is 8.01. The lowest BCUT2D eigenvalue weighted by molar-refractivity contribution is -0.161. The minimum atomic E-state index is -0.991. The standard InChI is InChI=1S/C14H21N3O4S/c1-14(2)10(13(20)21)17-11(19)9(12(17)22-14)15-8(18)7-16-5-3-4-6-16/h9-10,12H,3-7H2,1-2H3,(H,15,18)(H,20,21). The van der Waals surface area contributed by atoms with Crippen molar-refractivity contribution >= 4 is 29.5 Å². The van der Waals surface area contributed by atoms with Gasteiger partial charge in [-0.3, -0.25) is 14.5 Å². The number of nitrogens with one attached hydrogen (secondary N) is 1. The summed E-state index contributed by atoms with van der Waals surface area (Å²) in [5, 5.41) is 11.8. The lowest BCUT2D eigenvalue weighted by Crippen LogP contribution is -2.71. The van der Waals surface area contributed by atoms with Gasteiger partial charge in [-0.15, -0.1) is 11.8 Å². The molecule has 3 heterocycles. The Morgan fingerprint density at radius 1 is 1.36 bits per heavy atom. The van der Waals surface area contributed by atoms with E-state index < -0.39 is 22.8 Å². The number of thioether (sulfide) groups is 1. The largest absolute Gasteiger partial charge is 0.480 e. The minimum Gasteiger partial charge on any atom is -0.480 e. The first kappa shape index (κ1) is 15.6. The zero-order valence-electron chi connectivity index (χ0n) is 12.7. The van der Waals surface area contributed by atoms with E-state index >= 15 is 0 Å². The molecule has 3 aliphatic heterocycles.